The first-order valence-corrected chi connectivity index (χ1v) is 12.2. The lowest BCUT2D eigenvalue weighted by atomic mass is 9.57. The molecular formula is C27H35N5O. The molecule has 2 aliphatic rings. The Morgan fingerprint density at radius 3 is 2.61 bits per heavy atom. The molecule has 6 nitrogen and oxygen atoms in total. The van der Waals surface area contributed by atoms with Gasteiger partial charge in [0.05, 0.1) is 12.2 Å². The summed E-state index contributed by atoms with van der Waals surface area (Å²) in [6.45, 7) is 10.7. The summed E-state index contributed by atoms with van der Waals surface area (Å²) in [6, 6.07) is 17.5. The Labute approximate surface area is 197 Å². The summed E-state index contributed by atoms with van der Waals surface area (Å²) in [6.07, 6.45) is 5.93. The van der Waals surface area contributed by atoms with Crippen LogP contribution in [0.25, 0.3) is 0 Å². The number of nitrogens with zero attached hydrogens (tertiary/aromatic N) is 4. The molecule has 1 aliphatic heterocycles. The van der Waals surface area contributed by atoms with Gasteiger partial charge >= 0.3 is 0 Å². The second-order valence-electron chi connectivity index (χ2n) is 10.1. The minimum absolute atomic E-state index is 0.245. The molecule has 0 bridgehead atoms. The van der Waals surface area contributed by atoms with Crippen LogP contribution in [0.3, 0.4) is 0 Å². The molecular weight excluding hydrogens is 410 g/mol. The summed E-state index contributed by atoms with van der Waals surface area (Å²) in [5.74, 6) is 1.61. The SMILES string of the molecule is CC1(C)[C@H](Cc2cc(CN3CCN(c4ccccc4)CC3)on2)C[C@@H]1NCc1cccnc1. The van der Waals surface area contributed by atoms with Crippen molar-refractivity contribution >= 4 is 5.69 Å². The van der Waals surface area contributed by atoms with Crippen LogP contribution in [-0.2, 0) is 19.5 Å². The van der Waals surface area contributed by atoms with E-state index in [4.69, 9.17) is 4.52 Å². The summed E-state index contributed by atoms with van der Waals surface area (Å²) in [7, 11) is 0. The van der Waals surface area contributed by atoms with Crippen LogP contribution < -0.4 is 10.2 Å². The van der Waals surface area contributed by atoms with Crippen LogP contribution in [-0.4, -0.2) is 47.3 Å². The molecule has 1 saturated heterocycles. The van der Waals surface area contributed by atoms with Gasteiger partial charge in [0.2, 0.25) is 0 Å². The van der Waals surface area contributed by atoms with E-state index in [1.807, 2.05) is 18.5 Å². The zero-order chi connectivity index (χ0) is 22.7. The van der Waals surface area contributed by atoms with E-state index in [2.05, 4.69) is 81.6 Å². The van der Waals surface area contributed by atoms with Crippen molar-refractivity contribution in [1.29, 1.82) is 0 Å². The van der Waals surface area contributed by atoms with Crippen LogP contribution in [0.4, 0.5) is 5.69 Å². The van der Waals surface area contributed by atoms with E-state index in [1.54, 1.807) is 0 Å². The van der Waals surface area contributed by atoms with Gasteiger partial charge in [0, 0.05) is 62.9 Å². The number of piperazine rings is 1. The largest absolute Gasteiger partial charge is 0.369 e. The fraction of sp³-hybridized carbons (Fsp3) is 0.481. The summed E-state index contributed by atoms with van der Waals surface area (Å²) < 4.78 is 5.72. The van der Waals surface area contributed by atoms with E-state index in [0.717, 1.165) is 57.1 Å². The summed E-state index contributed by atoms with van der Waals surface area (Å²) in [5, 5.41) is 8.13. The fourth-order valence-corrected chi connectivity index (χ4v) is 5.25. The molecule has 1 aliphatic carbocycles. The van der Waals surface area contributed by atoms with Crippen LogP contribution in [0.5, 0.6) is 0 Å². The van der Waals surface area contributed by atoms with Crippen molar-refractivity contribution in [3.8, 4) is 0 Å². The third-order valence-electron chi connectivity index (χ3n) is 7.68. The van der Waals surface area contributed by atoms with Crippen molar-refractivity contribution in [2.24, 2.45) is 11.3 Å². The highest BCUT2D eigenvalue weighted by Gasteiger charge is 2.47. The normalized spacial score (nSPS) is 22.8. The molecule has 0 spiro atoms. The average molecular weight is 446 g/mol. The van der Waals surface area contributed by atoms with Gasteiger partial charge in [-0.15, -0.1) is 0 Å². The number of anilines is 1. The maximum Gasteiger partial charge on any atom is 0.150 e. The molecule has 33 heavy (non-hydrogen) atoms. The highest BCUT2D eigenvalue weighted by Crippen LogP contribution is 2.47. The highest BCUT2D eigenvalue weighted by atomic mass is 16.5. The van der Waals surface area contributed by atoms with Gasteiger partial charge in [-0.05, 0) is 47.9 Å². The van der Waals surface area contributed by atoms with Crippen LogP contribution >= 0.6 is 0 Å². The third kappa shape index (κ3) is 5.12. The molecule has 1 saturated carbocycles. The first kappa shape index (κ1) is 22.1. The molecule has 5 rings (SSSR count). The molecule has 1 N–H and O–H groups in total. The van der Waals surface area contributed by atoms with E-state index in [0.29, 0.717) is 12.0 Å². The number of hydrogen-bond donors (Lipinski definition) is 1. The summed E-state index contributed by atoms with van der Waals surface area (Å²) in [4.78, 5) is 9.14. The molecule has 0 radical (unpaired) electrons. The standard InChI is InChI=1S/C27H35N5O/c1-27(2)22(16-26(27)29-19-21-7-6-10-28-18-21)15-23-17-25(33-30-23)20-31-11-13-32(14-12-31)24-8-4-3-5-9-24/h3-10,17-18,22,26,29H,11-16,19-20H2,1-2H3/t22-,26+/m1/s1. The van der Waals surface area contributed by atoms with Gasteiger partial charge in [0.25, 0.3) is 0 Å². The monoisotopic (exact) mass is 445 g/mol. The number of pyridine rings is 1. The Hall–Kier alpha value is -2.70. The molecule has 2 fully saturated rings. The van der Waals surface area contributed by atoms with Gasteiger partial charge < -0.3 is 14.7 Å². The van der Waals surface area contributed by atoms with Crippen molar-refractivity contribution in [2.75, 3.05) is 31.1 Å². The van der Waals surface area contributed by atoms with Gasteiger partial charge in [-0.25, -0.2) is 0 Å². The number of para-hydroxylation sites is 1. The lowest BCUT2D eigenvalue weighted by Gasteiger charge is -2.52. The number of aromatic nitrogens is 2. The van der Waals surface area contributed by atoms with Crippen LogP contribution in [0.1, 0.15) is 37.3 Å². The fourth-order valence-electron chi connectivity index (χ4n) is 5.25. The lowest BCUT2D eigenvalue weighted by Crippen LogP contribution is -2.57. The van der Waals surface area contributed by atoms with Gasteiger partial charge in [-0.3, -0.25) is 9.88 Å². The van der Waals surface area contributed by atoms with E-state index in [9.17, 15) is 0 Å². The highest BCUT2D eigenvalue weighted by molar-refractivity contribution is 5.46. The Kier molecular flexibility index (Phi) is 6.47. The minimum Gasteiger partial charge on any atom is -0.369 e. The van der Waals surface area contributed by atoms with Crippen molar-refractivity contribution in [3.05, 3.63) is 77.9 Å². The zero-order valence-electron chi connectivity index (χ0n) is 19.8. The lowest BCUT2D eigenvalue weighted by molar-refractivity contribution is 0.0125. The maximum absolute atomic E-state index is 5.72. The molecule has 3 heterocycles. The van der Waals surface area contributed by atoms with Crippen molar-refractivity contribution in [3.63, 3.8) is 0 Å². The molecule has 0 amide bonds. The quantitative estimate of drug-likeness (QED) is 0.562. The van der Waals surface area contributed by atoms with E-state index in [-0.39, 0.29) is 5.41 Å². The van der Waals surface area contributed by atoms with E-state index < -0.39 is 0 Å². The van der Waals surface area contributed by atoms with E-state index >= 15 is 0 Å². The predicted octanol–water partition coefficient (Wildman–Crippen LogP) is 4.14. The molecule has 2 atom stereocenters. The first-order valence-electron chi connectivity index (χ1n) is 12.2. The minimum atomic E-state index is 0.245. The molecule has 6 heteroatoms. The van der Waals surface area contributed by atoms with Crippen LogP contribution in [0.2, 0.25) is 0 Å². The number of benzene rings is 1. The molecule has 2 aromatic heterocycles. The average Bonchev–Trinajstić information content (AvgIpc) is 3.29. The first-order chi connectivity index (χ1) is 16.1. The molecule has 0 unspecified atom stereocenters. The second kappa shape index (κ2) is 9.65. The second-order valence-corrected chi connectivity index (χ2v) is 10.1. The predicted molar refractivity (Wildman–Crippen MR) is 131 cm³/mol. The van der Waals surface area contributed by atoms with Crippen LogP contribution in [0, 0.1) is 11.3 Å². The van der Waals surface area contributed by atoms with Crippen LogP contribution in [0.15, 0.2) is 65.4 Å². The van der Waals surface area contributed by atoms with E-state index in [1.165, 1.54) is 17.7 Å². The van der Waals surface area contributed by atoms with Gasteiger partial charge in [-0.1, -0.05) is 43.3 Å². The van der Waals surface area contributed by atoms with Crippen molar-refractivity contribution < 1.29 is 4.52 Å². The Morgan fingerprint density at radius 1 is 1.06 bits per heavy atom. The van der Waals surface area contributed by atoms with Crippen molar-refractivity contribution in [1.82, 2.24) is 20.4 Å². The number of hydrogen-bond acceptors (Lipinski definition) is 6. The maximum atomic E-state index is 5.72. The van der Waals surface area contributed by atoms with Gasteiger partial charge in [0.15, 0.2) is 5.76 Å². The topological polar surface area (TPSA) is 57.4 Å². The van der Waals surface area contributed by atoms with Gasteiger partial charge in [0.1, 0.15) is 0 Å². The molecule has 1 aromatic carbocycles. The zero-order valence-corrected chi connectivity index (χ0v) is 19.8. The Morgan fingerprint density at radius 2 is 1.88 bits per heavy atom. The summed E-state index contributed by atoms with van der Waals surface area (Å²) >= 11 is 0. The van der Waals surface area contributed by atoms with Gasteiger partial charge in [-0.2, -0.15) is 0 Å². The smallest absolute Gasteiger partial charge is 0.150 e. The molecule has 174 valence electrons. The molecule has 3 aromatic rings. The third-order valence-corrected chi connectivity index (χ3v) is 7.68. The number of rotatable bonds is 8. The number of nitrogens with one attached hydrogen (secondary N) is 1. The Bertz CT molecular complexity index is 1010. The summed E-state index contributed by atoms with van der Waals surface area (Å²) in [5.41, 5.74) is 3.89. The van der Waals surface area contributed by atoms with Crippen molar-refractivity contribution in [2.45, 2.75) is 45.8 Å². The Balaban J connectivity index is 1.08.